The number of carbonyl (C=O) groups is 3. The van der Waals surface area contributed by atoms with E-state index in [1.165, 1.54) is 33.4 Å². The lowest BCUT2D eigenvalue weighted by Gasteiger charge is -2.40. The average Bonchev–Trinajstić information content (AvgIpc) is 3.82. The second-order valence-corrected chi connectivity index (χ2v) is 14.5. The second-order valence-electron chi connectivity index (χ2n) is 11.6. The summed E-state index contributed by atoms with van der Waals surface area (Å²) in [5, 5.41) is 0. The molecule has 0 aromatic carbocycles. The van der Waals surface area contributed by atoms with Crippen LogP contribution in [0.25, 0.3) is 11.2 Å². The Morgan fingerprint density at radius 2 is 1.34 bits per heavy atom. The molecule has 0 aliphatic carbocycles. The van der Waals surface area contributed by atoms with Crippen molar-refractivity contribution in [3.8, 4) is 5.88 Å². The molecule has 0 bridgehead atoms. The van der Waals surface area contributed by atoms with Gasteiger partial charge in [0.05, 0.1) is 6.33 Å². The predicted octanol–water partition coefficient (Wildman–Crippen LogP) is 2.49. The Labute approximate surface area is 256 Å². The fraction of sp³-hybridized carbons (Fsp3) is 0.714. The van der Waals surface area contributed by atoms with Crippen molar-refractivity contribution in [2.45, 2.75) is 83.8 Å². The van der Waals surface area contributed by atoms with E-state index in [1.54, 1.807) is 4.57 Å². The van der Waals surface area contributed by atoms with Crippen LogP contribution in [0.1, 0.15) is 65.5 Å². The Morgan fingerprint density at radius 1 is 0.795 bits per heavy atom. The van der Waals surface area contributed by atoms with Gasteiger partial charge in [0.2, 0.25) is 0 Å². The Balaban J connectivity index is 1.38. The zero-order chi connectivity index (χ0) is 30.8. The standard InChI is InChI=1S/C28H41N7O8P/c1-19(36)39-16-22-24(40-20(2)37)25(41-21(3)38)28(42-22)35-18-31-23-26(35)29-17-30-27(23)43-44(32-10-4-5-11-32,33-12-6-7-13-33)34-14-8-9-15-34/h17-18,22,24-25,28H,4-16H2,1-3H3/q+1/t22-,24-,25-,28-/m1/s1. The third-order valence-corrected chi connectivity index (χ3v) is 12.3. The number of ether oxygens (including phenoxy) is 4. The van der Waals surface area contributed by atoms with Gasteiger partial charge in [0.1, 0.15) is 19.0 Å². The van der Waals surface area contributed by atoms with E-state index in [1.807, 2.05) is 0 Å². The van der Waals surface area contributed by atoms with Gasteiger partial charge in [0.15, 0.2) is 29.6 Å². The topological polar surface area (TPSA) is 151 Å². The highest BCUT2D eigenvalue weighted by Crippen LogP contribution is 2.70. The molecule has 4 fully saturated rings. The molecule has 4 aliphatic rings. The van der Waals surface area contributed by atoms with Gasteiger partial charge in [0, 0.05) is 60.0 Å². The molecule has 6 heterocycles. The van der Waals surface area contributed by atoms with Gasteiger partial charge in [-0.2, -0.15) is 4.98 Å². The molecule has 4 aliphatic heterocycles. The summed E-state index contributed by atoms with van der Waals surface area (Å²) in [5.74, 6) is -1.31. The number of imidazole rings is 1. The monoisotopic (exact) mass is 634 g/mol. The van der Waals surface area contributed by atoms with Crippen molar-refractivity contribution in [2.24, 2.45) is 0 Å². The number of rotatable bonds is 10. The van der Waals surface area contributed by atoms with E-state index in [-0.39, 0.29) is 6.61 Å². The first-order chi connectivity index (χ1) is 21.3. The van der Waals surface area contributed by atoms with Gasteiger partial charge in [-0.25, -0.2) is 9.97 Å². The summed E-state index contributed by atoms with van der Waals surface area (Å²) < 4.78 is 39.1. The molecule has 0 unspecified atom stereocenters. The van der Waals surface area contributed by atoms with E-state index in [0.29, 0.717) is 17.0 Å². The van der Waals surface area contributed by atoms with Crippen LogP contribution in [0.5, 0.6) is 5.88 Å². The SMILES string of the molecule is CC(=O)OC[C@H]1O[C@@H](n2cnc3c(O[P+](N4CCCC4)(N4CCCC4)N4CCCC4)ncnc32)[C@H](OC(C)=O)[C@@H]1OC(C)=O. The molecule has 15 nitrogen and oxygen atoms in total. The molecule has 4 saturated heterocycles. The van der Waals surface area contributed by atoms with Crippen molar-refractivity contribution in [1.29, 1.82) is 0 Å². The van der Waals surface area contributed by atoms with Gasteiger partial charge in [-0.15, -0.1) is 14.0 Å². The summed E-state index contributed by atoms with van der Waals surface area (Å²) in [6.07, 6.45) is 5.82. The van der Waals surface area contributed by atoms with Crippen molar-refractivity contribution in [3.63, 3.8) is 0 Å². The lowest BCUT2D eigenvalue weighted by atomic mass is 10.1. The van der Waals surface area contributed by atoms with E-state index in [9.17, 15) is 14.4 Å². The van der Waals surface area contributed by atoms with Crippen LogP contribution >= 0.6 is 7.94 Å². The van der Waals surface area contributed by atoms with Gasteiger partial charge in [-0.1, -0.05) is 0 Å². The quantitative estimate of drug-likeness (QED) is 0.214. The number of carbonyl (C=O) groups excluding carboxylic acids is 3. The Morgan fingerprint density at radius 3 is 1.86 bits per heavy atom. The van der Waals surface area contributed by atoms with Crippen LogP contribution in [0.2, 0.25) is 0 Å². The number of esters is 3. The molecule has 4 atom stereocenters. The number of aromatic nitrogens is 4. The number of fused-ring (bicyclic) bond motifs is 1. The van der Waals surface area contributed by atoms with Crippen LogP contribution in [0.3, 0.4) is 0 Å². The molecular weight excluding hydrogens is 593 g/mol. The van der Waals surface area contributed by atoms with Crippen LogP contribution in [0.15, 0.2) is 12.7 Å². The van der Waals surface area contributed by atoms with Gasteiger partial charge in [-0.05, 0) is 38.5 Å². The lowest BCUT2D eigenvalue weighted by Crippen LogP contribution is -2.45. The molecular formula is C28H41N7O8P+. The third-order valence-electron chi connectivity index (χ3n) is 8.50. The van der Waals surface area contributed by atoms with E-state index >= 15 is 0 Å². The van der Waals surface area contributed by atoms with E-state index in [0.717, 1.165) is 77.8 Å². The smallest absolute Gasteiger partial charge is 0.420 e. The maximum absolute atomic E-state index is 12.2. The lowest BCUT2D eigenvalue weighted by molar-refractivity contribution is -0.166. The van der Waals surface area contributed by atoms with Crippen molar-refractivity contribution in [1.82, 2.24) is 33.5 Å². The minimum atomic E-state index is -2.41. The molecule has 44 heavy (non-hydrogen) atoms. The van der Waals surface area contributed by atoms with Crippen LogP contribution in [0, 0.1) is 0 Å². The molecule has 2 aromatic rings. The van der Waals surface area contributed by atoms with Crippen molar-refractivity contribution in [2.75, 3.05) is 45.9 Å². The van der Waals surface area contributed by atoms with Crippen LogP contribution in [-0.2, 0) is 33.3 Å². The Hall–Kier alpha value is -2.97. The summed E-state index contributed by atoms with van der Waals surface area (Å²) in [6.45, 7) is 9.45. The summed E-state index contributed by atoms with van der Waals surface area (Å²) in [6, 6.07) is 0. The highest BCUT2D eigenvalue weighted by molar-refractivity contribution is 7.64. The third kappa shape index (κ3) is 6.00. The molecule has 0 amide bonds. The Kier molecular flexibility index (Phi) is 9.29. The average molecular weight is 635 g/mol. The molecule has 16 heteroatoms. The molecule has 2 aromatic heterocycles. The van der Waals surface area contributed by atoms with E-state index in [2.05, 4.69) is 29.0 Å². The van der Waals surface area contributed by atoms with Gasteiger partial charge >= 0.3 is 31.7 Å². The number of nitrogens with zero attached hydrogens (tertiary/aromatic N) is 7. The number of hydrogen-bond acceptors (Lipinski definition) is 14. The minimum Gasteiger partial charge on any atom is -0.463 e. The zero-order valence-corrected chi connectivity index (χ0v) is 26.4. The highest BCUT2D eigenvalue weighted by atomic mass is 31.2. The maximum Gasteiger partial charge on any atom is 0.420 e. The van der Waals surface area contributed by atoms with Gasteiger partial charge in [-0.3, -0.25) is 23.5 Å². The summed E-state index contributed by atoms with van der Waals surface area (Å²) >= 11 is 0. The first kappa shape index (κ1) is 31.0. The highest BCUT2D eigenvalue weighted by Gasteiger charge is 2.63. The van der Waals surface area contributed by atoms with Gasteiger partial charge in [0.25, 0.3) is 0 Å². The van der Waals surface area contributed by atoms with Crippen LogP contribution in [0.4, 0.5) is 0 Å². The van der Waals surface area contributed by atoms with Crippen molar-refractivity contribution >= 4 is 37.0 Å². The minimum absolute atomic E-state index is 0.202. The largest absolute Gasteiger partial charge is 0.463 e. The molecule has 0 saturated carbocycles. The van der Waals surface area contributed by atoms with Gasteiger partial charge < -0.3 is 18.9 Å². The van der Waals surface area contributed by atoms with Crippen LogP contribution < -0.4 is 4.52 Å². The molecule has 240 valence electrons. The zero-order valence-electron chi connectivity index (χ0n) is 25.5. The molecule has 0 spiro atoms. The van der Waals surface area contributed by atoms with Crippen molar-refractivity contribution < 1.29 is 37.9 Å². The molecule has 0 N–H and O–H groups in total. The van der Waals surface area contributed by atoms with Crippen LogP contribution in [-0.4, -0.2) is 116 Å². The fourth-order valence-electron chi connectivity index (χ4n) is 6.71. The van der Waals surface area contributed by atoms with E-state index in [4.69, 9.17) is 23.5 Å². The fourth-order valence-corrected chi connectivity index (χ4v) is 10.9. The maximum atomic E-state index is 12.2. The number of hydrogen-bond donors (Lipinski definition) is 0. The Bertz CT molecular complexity index is 1320. The molecule has 6 rings (SSSR count). The summed E-state index contributed by atoms with van der Waals surface area (Å²) in [4.78, 5) is 49.6. The summed E-state index contributed by atoms with van der Waals surface area (Å²) in [7, 11) is -2.41. The first-order valence-electron chi connectivity index (χ1n) is 15.4. The second kappa shape index (κ2) is 13.2. The predicted molar refractivity (Wildman–Crippen MR) is 157 cm³/mol. The molecule has 0 radical (unpaired) electrons. The first-order valence-corrected chi connectivity index (χ1v) is 17.0. The summed E-state index contributed by atoms with van der Waals surface area (Å²) in [5.41, 5.74) is 0.862. The van der Waals surface area contributed by atoms with Crippen molar-refractivity contribution in [3.05, 3.63) is 12.7 Å². The van der Waals surface area contributed by atoms with E-state index < -0.39 is 50.4 Å². The normalized spacial score (nSPS) is 26.8.